The number of anilines is 1. The highest BCUT2D eigenvalue weighted by Crippen LogP contribution is 2.26. The van der Waals surface area contributed by atoms with E-state index in [4.69, 9.17) is 10.5 Å². The average Bonchev–Trinajstić information content (AvgIpc) is 2.31. The number of nitrogens with two attached hydrogens (primary N) is 1. The predicted octanol–water partition coefficient (Wildman–Crippen LogP) is 2.81. The van der Waals surface area contributed by atoms with E-state index in [0.29, 0.717) is 4.47 Å². The summed E-state index contributed by atoms with van der Waals surface area (Å²) < 4.78 is 19.7. The molecule has 2 N–H and O–H groups in total. The summed E-state index contributed by atoms with van der Waals surface area (Å²) in [5, 5.41) is 0. The molecule has 1 aromatic carbocycles. The zero-order chi connectivity index (χ0) is 14.0. The first-order valence-electron chi connectivity index (χ1n) is 5.60. The maximum atomic E-state index is 14.0. The van der Waals surface area contributed by atoms with Crippen LogP contribution in [0, 0.1) is 5.82 Å². The largest absolute Gasteiger partial charge is 0.461 e. The average molecular weight is 327 g/mol. The Labute approximate surface area is 118 Å². The molecule has 19 heavy (non-hydrogen) atoms. The van der Waals surface area contributed by atoms with Crippen LogP contribution in [-0.4, -0.2) is 21.1 Å². The smallest absolute Gasteiger partial charge is 0.322 e. The van der Waals surface area contributed by atoms with E-state index >= 15 is 0 Å². The van der Waals surface area contributed by atoms with Crippen molar-refractivity contribution in [2.45, 2.75) is 20.0 Å². The molecule has 0 unspecified atom stereocenters. The molecule has 0 aliphatic rings. The van der Waals surface area contributed by atoms with Crippen LogP contribution >= 0.6 is 15.9 Å². The number of halogens is 2. The van der Waals surface area contributed by atoms with Crippen molar-refractivity contribution in [3.8, 4) is 17.4 Å². The Morgan fingerprint density at radius 2 is 2.00 bits per heavy atom. The lowest BCUT2D eigenvalue weighted by Crippen LogP contribution is -2.11. The minimum Gasteiger partial charge on any atom is -0.461 e. The first kappa shape index (κ1) is 13.7. The van der Waals surface area contributed by atoms with Crippen molar-refractivity contribution in [2.24, 2.45) is 0 Å². The topological polar surface area (TPSA) is 73.9 Å². The van der Waals surface area contributed by atoms with E-state index in [2.05, 4.69) is 30.9 Å². The Balaban J connectivity index is 2.50. The van der Waals surface area contributed by atoms with Crippen molar-refractivity contribution >= 4 is 21.9 Å². The highest BCUT2D eigenvalue weighted by molar-refractivity contribution is 9.10. The maximum Gasteiger partial charge on any atom is 0.322 e. The van der Waals surface area contributed by atoms with Crippen molar-refractivity contribution in [3.63, 3.8) is 0 Å². The second-order valence-electron chi connectivity index (χ2n) is 4.07. The normalized spacial score (nSPS) is 10.8. The van der Waals surface area contributed by atoms with Gasteiger partial charge < -0.3 is 10.5 Å². The molecule has 0 aliphatic heterocycles. The number of nitrogens with zero attached hydrogens (tertiary/aromatic N) is 3. The highest BCUT2D eigenvalue weighted by Gasteiger charge is 2.14. The van der Waals surface area contributed by atoms with Crippen molar-refractivity contribution in [1.82, 2.24) is 15.0 Å². The van der Waals surface area contributed by atoms with Crippen molar-refractivity contribution in [3.05, 3.63) is 28.5 Å². The van der Waals surface area contributed by atoms with Crippen LogP contribution in [0.4, 0.5) is 10.3 Å². The van der Waals surface area contributed by atoms with E-state index in [9.17, 15) is 4.39 Å². The van der Waals surface area contributed by atoms with Crippen molar-refractivity contribution in [1.29, 1.82) is 0 Å². The van der Waals surface area contributed by atoms with E-state index < -0.39 is 5.82 Å². The van der Waals surface area contributed by atoms with Crippen LogP contribution in [0.25, 0.3) is 11.4 Å². The molecule has 0 aliphatic carbocycles. The van der Waals surface area contributed by atoms with Crippen LogP contribution in [0.1, 0.15) is 13.8 Å². The molecule has 2 aromatic rings. The second-order valence-corrected chi connectivity index (χ2v) is 4.92. The Hall–Kier alpha value is -1.76. The number of hydrogen-bond donors (Lipinski definition) is 1. The summed E-state index contributed by atoms with van der Waals surface area (Å²) in [6, 6.07) is 4.92. The van der Waals surface area contributed by atoms with Gasteiger partial charge in [-0.2, -0.15) is 15.0 Å². The first-order valence-corrected chi connectivity index (χ1v) is 6.39. The van der Waals surface area contributed by atoms with E-state index in [1.54, 1.807) is 18.2 Å². The van der Waals surface area contributed by atoms with Gasteiger partial charge in [-0.05, 0) is 41.9 Å². The maximum absolute atomic E-state index is 14.0. The van der Waals surface area contributed by atoms with Gasteiger partial charge in [-0.3, -0.25) is 0 Å². The first-order chi connectivity index (χ1) is 8.97. The standard InChI is InChI=1S/C12H12BrFN4O/c1-6(2)19-12-17-10(16-11(15)18-12)7-4-3-5-8(13)9(7)14/h3-6H,1-2H3,(H2,15,16,17,18). The summed E-state index contributed by atoms with van der Waals surface area (Å²) in [7, 11) is 0. The lowest BCUT2D eigenvalue weighted by Gasteiger charge is -2.09. The summed E-state index contributed by atoms with van der Waals surface area (Å²) in [4.78, 5) is 11.8. The van der Waals surface area contributed by atoms with E-state index in [-0.39, 0.29) is 29.5 Å². The molecule has 2 rings (SSSR count). The van der Waals surface area contributed by atoms with E-state index in [0.717, 1.165) is 0 Å². The SMILES string of the molecule is CC(C)Oc1nc(N)nc(-c2cccc(Br)c2F)n1. The number of hydrogen-bond acceptors (Lipinski definition) is 5. The molecule has 0 saturated heterocycles. The zero-order valence-electron chi connectivity index (χ0n) is 10.4. The minimum absolute atomic E-state index is 0.0139. The van der Waals surface area contributed by atoms with Gasteiger partial charge >= 0.3 is 6.01 Å². The molecule has 1 heterocycles. The lowest BCUT2D eigenvalue weighted by molar-refractivity contribution is 0.222. The molecule has 0 radical (unpaired) electrons. The summed E-state index contributed by atoms with van der Waals surface area (Å²) in [5.41, 5.74) is 5.82. The van der Waals surface area contributed by atoms with Crippen LogP contribution < -0.4 is 10.5 Å². The third-order valence-corrected chi connectivity index (χ3v) is 2.78. The quantitative estimate of drug-likeness (QED) is 0.938. The molecule has 0 fully saturated rings. The van der Waals surface area contributed by atoms with Gasteiger partial charge in [0, 0.05) is 0 Å². The van der Waals surface area contributed by atoms with Crippen molar-refractivity contribution in [2.75, 3.05) is 5.73 Å². The molecule has 7 heteroatoms. The molecule has 100 valence electrons. The van der Waals surface area contributed by atoms with Gasteiger partial charge in [0.15, 0.2) is 5.82 Å². The number of nitrogen functional groups attached to an aromatic ring is 1. The van der Waals surface area contributed by atoms with Crippen LogP contribution in [-0.2, 0) is 0 Å². The van der Waals surface area contributed by atoms with E-state index in [1.165, 1.54) is 0 Å². The van der Waals surface area contributed by atoms with E-state index in [1.807, 2.05) is 13.8 Å². The molecule has 5 nitrogen and oxygen atoms in total. The fourth-order valence-electron chi connectivity index (χ4n) is 1.43. The Morgan fingerprint density at radius 3 is 2.68 bits per heavy atom. The Morgan fingerprint density at radius 1 is 1.26 bits per heavy atom. The molecule has 0 bridgehead atoms. The summed E-state index contributed by atoms with van der Waals surface area (Å²) >= 11 is 3.11. The van der Waals surface area contributed by atoms with Crippen LogP contribution in [0.2, 0.25) is 0 Å². The summed E-state index contributed by atoms with van der Waals surface area (Å²) in [6.07, 6.45) is -0.109. The van der Waals surface area contributed by atoms with Gasteiger partial charge in [-0.1, -0.05) is 6.07 Å². The third kappa shape index (κ3) is 3.17. The molecule has 0 amide bonds. The monoisotopic (exact) mass is 326 g/mol. The van der Waals surface area contributed by atoms with Gasteiger partial charge in [0.05, 0.1) is 16.1 Å². The Kier molecular flexibility index (Phi) is 3.94. The van der Waals surface area contributed by atoms with Gasteiger partial charge in [0.2, 0.25) is 5.95 Å². The summed E-state index contributed by atoms with van der Waals surface area (Å²) in [5.74, 6) is -0.328. The van der Waals surface area contributed by atoms with Gasteiger partial charge in [-0.25, -0.2) is 4.39 Å². The molecule has 0 atom stereocenters. The number of ether oxygens (including phenoxy) is 1. The van der Waals surface area contributed by atoms with Crippen molar-refractivity contribution < 1.29 is 9.13 Å². The highest BCUT2D eigenvalue weighted by atomic mass is 79.9. The lowest BCUT2D eigenvalue weighted by atomic mass is 10.2. The number of aromatic nitrogens is 3. The number of rotatable bonds is 3. The molecule has 1 aromatic heterocycles. The molecule has 0 saturated carbocycles. The fourth-order valence-corrected chi connectivity index (χ4v) is 1.80. The van der Waals surface area contributed by atoms with Gasteiger partial charge in [0.25, 0.3) is 0 Å². The predicted molar refractivity (Wildman–Crippen MR) is 73.1 cm³/mol. The minimum atomic E-state index is -0.455. The molecular weight excluding hydrogens is 315 g/mol. The summed E-state index contributed by atoms with van der Waals surface area (Å²) in [6.45, 7) is 3.67. The molecular formula is C12H12BrFN4O. The number of benzene rings is 1. The zero-order valence-corrected chi connectivity index (χ0v) is 12.0. The fraction of sp³-hybridized carbons (Fsp3) is 0.250. The van der Waals surface area contributed by atoms with Crippen LogP contribution in [0.3, 0.4) is 0 Å². The van der Waals surface area contributed by atoms with Crippen LogP contribution in [0.5, 0.6) is 6.01 Å². The second kappa shape index (κ2) is 5.48. The van der Waals surface area contributed by atoms with Gasteiger partial charge in [-0.15, -0.1) is 0 Å². The Bertz CT molecular complexity index is 606. The van der Waals surface area contributed by atoms with Crippen LogP contribution in [0.15, 0.2) is 22.7 Å². The molecule has 0 spiro atoms. The van der Waals surface area contributed by atoms with Gasteiger partial charge in [0.1, 0.15) is 5.82 Å². The third-order valence-electron chi connectivity index (χ3n) is 2.17.